The van der Waals surface area contributed by atoms with Gasteiger partial charge in [0.2, 0.25) is 0 Å². The van der Waals surface area contributed by atoms with E-state index in [0.717, 1.165) is 30.4 Å². The molecule has 2 heteroatoms. The van der Waals surface area contributed by atoms with Crippen molar-refractivity contribution >= 4 is 0 Å². The van der Waals surface area contributed by atoms with Crippen LogP contribution in [0.15, 0.2) is 18.2 Å². The predicted molar refractivity (Wildman–Crippen MR) is 71.9 cm³/mol. The highest BCUT2D eigenvalue weighted by Gasteiger charge is 2.44. The van der Waals surface area contributed by atoms with Gasteiger partial charge in [0, 0.05) is 0 Å². The van der Waals surface area contributed by atoms with Crippen LogP contribution in [0.2, 0.25) is 0 Å². The molecular formula is C16H21NO. The van der Waals surface area contributed by atoms with Crippen molar-refractivity contribution in [2.24, 2.45) is 11.3 Å². The van der Waals surface area contributed by atoms with Crippen LogP contribution in [0.4, 0.5) is 0 Å². The van der Waals surface area contributed by atoms with Gasteiger partial charge in [-0.15, -0.1) is 0 Å². The Hall–Kier alpha value is -1.33. The summed E-state index contributed by atoms with van der Waals surface area (Å²) in [6, 6.07) is 8.36. The molecule has 2 rings (SSSR count). The molecule has 1 saturated carbocycles. The fourth-order valence-corrected chi connectivity index (χ4v) is 3.11. The molecule has 0 amide bonds. The van der Waals surface area contributed by atoms with Crippen molar-refractivity contribution in [1.29, 1.82) is 5.26 Å². The first-order valence-electron chi connectivity index (χ1n) is 6.65. The number of hydrogen-bond donors (Lipinski definition) is 1. The lowest BCUT2D eigenvalue weighted by Gasteiger charge is -2.29. The predicted octanol–water partition coefficient (Wildman–Crippen LogP) is 3.67. The van der Waals surface area contributed by atoms with Gasteiger partial charge in [0.1, 0.15) is 0 Å². The Bertz CT molecular complexity index is 488. The fraction of sp³-hybridized carbons (Fsp3) is 0.562. The highest BCUT2D eigenvalue weighted by molar-refractivity contribution is 5.36. The number of aryl methyl sites for hydroxylation is 1. The molecule has 1 aromatic rings. The lowest BCUT2D eigenvalue weighted by atomic mass is 9.76. The summed E-state index contributed by atoms with van der Waals surface area (Å²) in [5, 5.41) is 20.2. The summed E-state index contributed by atoms with van der Waals surface area (Å²) in [4.78, 5) is 0. The van der Waals surface area contributed by atoms with Crippen LogP contribution < -0.4 is 0 Å². The Morgan fingerprint density at radius 1 is 1.44 bits per heavy atom. The number of hydrogen-bond acceptors (Lipinski definition) is 2. The van der Waals surface area contributed by atoms with Gasteiger partial charge in [-0.25, -0.2) is 0 Å². The third-order valence-electron chi connectivity index (χ3n) is 4.48. The minimum Gasteiger partial charge on any atom is -0.387 e. The third kappa shape index (κ3) is 2.04. The fourth-order valence-electron chi connectivity index (χ4n) is 3.11. The molecule has 0 bridgehead atoms. The highest BCUT2D eigenvalue weighted by atomic mass is 16.3. The molecule has 18 heavy (non-hydrogen) atoms. The van der Waals surface area contributed by atoms with Crippen LogP contribution >= 0.6 is 0 Å². The van der Waals surface area contributed by atoms with Crippen molar-refractivity contribution < 1.29 is 5.11 Å². The molecule has 1 aliphatic carbocycles. The maximum Gasteiger partial charge on any atom is 0.0979 e. The molecule has 0 aromatic heterocycles. The van der Waals surface area contributed by atoms with Crippen molar-refractivity contribution in [3.63, 3.8) is 0 Å². The van der Waals surface area contributed by atoms with E-state index in [-0.39, 0.29) is 0 Å². The molecule has 0 heterocycles. The SMILES string of the molecule is Cc1cccc(C(O)C2(C#N)CCC(C)C2)c1C. The van der Waals surface area contributed by atoms with Crippen LogP contribution in [0.25, 0.3) is 0 Å². The molecule has 3 atom stereocenters. The van der Waals surface area contributed by atoms with Crippen LogP contribution in [0.5, 0.6) is 0 Å². The summed E-state index contributed by atoms with van der Waals surface area (Å²) in [7, 11) is 0. The molecule has 1 N–H and O–H groups in total. The second-order valence-electron chi connectivity index (χ2n) is 5.81. The molecule has 96 valence electrons. The van der Waals surface area contributed by atoms with E-state index in [9.17, 15) is 10.4 Å². The van der Waals surface area contributed by atoms with E-state index in [0.29, 0.717) is 5.92 Å². The van der Waals surface area contributed by atoms with Gasteiger partial charge in [0.25, 0.3) is 0 Å². The average Bonchev–Trinajstić information content (AvgIpc) is 2.75. The number of benzene rings is 1. The molecule has 0 saturated heterocycles. The Morgan fingerprint density at radius 3 is 2.72 bits per heavy atom. The van der Waals surface area contributed by atoms with E-state index in [2.05, 4.69) is 13.0 Å². The lowest BCUT2D eigenvalue weighted by Crippen LogP contribution is -2.25. The summed E-state index contributed by atoms with van der Waals surface area (Å²) in [6.07, 6.45) is 1.99. The highest BCUT2D eigenvalue weighted by Crippen LogP contribution is 2.50. The number of rotatable bonds is 2. The second kappa shape index (κ2) is 4.74. The van der Waals surface area contributed by atoms with Crippen LogP contribution in [-0.4, -0.2) is 5.11 Å². The van der Waals surface area contributed by atoms with Crippen LogP contribution in [-0.2, 0) is 0 Å². The Kier molecular flexibility index (Phi) is 3.45. The van der Waals surface area contributed by atoms with Crippen LogP contribution in [0.3, 0.4) is 0 Å². The largest absolute Gasteiger partial charge is 0.387 e. The number of nitriles is 1. The molecule has 2 nitrogen and oxygen atoms in total. The molecule has 1 fully saturated rings. The van der Waals surface area contributed by atoms with Crippen molar-refractivity contribution in [3.8, 4) is 6.07 Å². The standard InChI is InChI=1S/C16H21NO/c1-11-7-8-16(9-11,10-17)15(18)14-6-4-5-12(2)13(14)3/h4-6,11,15,18H,7-9H2,1-3H3. The molecule has 0 spiro atoms. The maximum atomic E-state index is 10.7. The smallest absolute Gasteiger partial charge is 0.0979 e. The number of nitrogens with zero attached hydrogens (tertiary/aromatic N) is 1. The normalized spacial score (nSPS) is 28.9. The first kappa shape index (κ1) is 13.1. The van der Waals surface area contributed by atoms with Gasteiger partial charge in [-0.3, -0.25) is 0 Å². The topological polar surface area (TPSA) is 44.0 Å². The number of aliphatic hydroxyl groups excluding tert-OH is 1. The number of aliphatic hydroxyl groups is 1. The van der Waals surface area contributed by atoms with E-state index in [1.165, 1.54) is 5.56 Å². The zero-order valence-electron chi connectivity index (χ0n) is 11.4. The monoisotopic (exact) mass is 243 g/mol. The summed E-state index contributed by atoms with van der Waals surface area (Å²) in [5.41, 5.74) is 2.62. The minimum absolute atomic E-state index is 0.532. The van der Waals surface area contributed by atoms with Gasteiger partial charge in [0.15, 0.2) is 0 Å². The van der Waals surface area contributed by atoms with Crippen molar-refractivity contribution in [1.82, 2.24) is 0 Å². The van der Waals surface area contributed by atoms with Gasteiger partial charge in [-0.05, 0) is 55.7 Å². The van der Waals surface area contributed by atoms with E-state index >= 15 is 0 Å². The summed E-state index contributed by atoms with van der Waals surface area (Å²) in [5.74, 6) is 0.532. The Morgan fingerprint density at radius 2 is 2.17 bits per heavy atom. The van der Waals surface area contributed by atoms with E-state index in [1.807, 2.05) is 32.0 Å². The second-order valence-corrected chi connectivity index (χ2v) is 5.81. The van der Waals surface area contributed by atoms with Gasteiger partial charge in [-0.1, -0.05) is 25.1 Å². The van der Waals surface area contributed by atoms with Crippen molar-refractivity contribution in [2.45, 2.75) is 46.1 Å². The maximum absolute atomic E-state index is 10.7. The molecule has 1 aliphatic rings. The van der Waals surface area contributed by atoms with E-state index in [1.54, 1.807) is 0 Å². The lowest BCUT2D eigenvalue weighted by molar-refractivity contribution is 0.0641. The molecule has 0 radical (unpaired) electrons. The Labute approximate surface area is 109 Å². The summed E-state index contributed by atoms with van der Waals surface area (Å²) >= 11 is 0. The van der Waals surface area contributed by atoms with Crippen molar-refractivity contribution in [3.05, 3.63) is 34.9 Å². The molecule has 0 aliphatic heterocycles. The summed E-state index contributed by atoms with van der Waals surface area (Å²) in [6.45, 7) is 6.23. The summed E-state index contributed by atoms with van der Waals surface area (Å²) < 4.78 is 0. The van der Waals surface area contributed by atoms with Gasteiger partial charge in [-0.2, -0.15) is 5.26 Å². The van der Waals surface area contributed by atoms with E-state index in [4.69, 9.17) is 0 Å². The van der Waals surface area contributed by atoms with Crippen molar-refractivity contribution in [2.75, 3.05) is 0 Å². The zero-order valence-corrected chi connectivity index (χ0v) is 11.4. The molecular weight excluding hydrogens is 222 g/mol. The van der Waals surface area contributed by atoms with Crippen LogP contribution in [0.1, 0.15) is 49.0 Å². The van der Waals surface area contributed by atoms with E-state index < -0.39 is 11.5 Å². The molecule has 3 unspecified atom stereocenters. The van der Waals surface area contributed by atoms with Gasteiger partial charge >= 0.3 is 0 Å². The third-order valence-corrected chi connectivity index (χ3v) is 4.48. The molecule has 1 aromatic carbocycles. The zero-order chi connectivity index (χ0) is 13.3. The first-order chi connectivity index (χ1) is 8.50. The minimum atomic E-state index is -0.660. The van der Waals surface area contributed by atoms with Crippen LogP contribution in [0, 0.1) is 36.5 Å². The Balaban J connectivity index is 2.39. The average molecular weight is 243 g/mol. The van der Waals surface area contributed by atoms with Gasteiger partial charge < -0.3 is 5.11 Å². The first-order valence-corrected chi connectivity index (χ1v) is 6.65. The quantitative estimate of drug-likeness (QED) is 0.861. The van der Waals surface area contributed by atoms with Gasteiger partial charge in [0.05, 0.1) is 17.6 Å².